The van der Waals surface area contributed by atoms with Crippen LogP contribution < -0.4 is 9.73 Å². The van der Waals surface area contributed by atoms with Crippen LogP contribution in [0.2, 0.25) is 0 Å². The van der Waals surface area contributed by atoms with E-state index in [2.05, 4.69) is 10.5 Å². The molecule has 0 bridgehead atoms. The first-order chi connectivity index (χ1) is 14.3. The summed E-state index contributed by atoms with van der Waals surface area (Å²) in [4.78, 5) is 12.2. The lowest BCUT2D eigenvalue weighted by atomic mass is 10.1. The molecule has 0 fully saturated rings. The molecule has 3 rings (SSSR count). The minimum atomic E-state index is -3.47. The van der Waals surface area contributed by atoms with Crippen molar-refractivity contribution in [3.63, 3.8) is 0 Å². The van der Waals surface area contributed by atoms with Crippen molar-refractivity contribution in [1.29, 1.82) is 0 Å². The summed E-state index contributed by atoms with van der Waals surface area (Å²) < 4.78 is 25.7. The summed E-state index contributed by atoms with van der Waals surface area (Å²) in [6, 6.07) is 22.1. The van der Waals surface area contributed by atoms with Gasteiger partial charge in [-0.3, -0.25) is 9.10 Å². The number of hydrogen-bond donors (Lipinski definition) is 2. The molecule has 0 aliphatic heterocycles. The fraction of sp³-hybridized carbons (Fsp3) is 0.0909. The second-order valence-electron chi connectivity index (χ2n) is 6.56. The molecule has 0 atom stereocenters. The van der Waals surface area contributed by atoms with Crippen LogP contribution in [0, 0.1) is 0 Å². The Bertz CT molecular complexity index is 1140. The van der Waals surface area contributed by atoms with Gasteiger partial charge in [0.15, 0.2) is 0 Å². The Morgan fingerprint density at radius 3 is 2.27 bits per heavy atom. The number of hydrogen-bond acceptors (Lipinski definition) is 5. The average Bonchev–Trinajstić information content (AvgIpc) is 2.73. The summed E-state index contributed by atoms with van der Waals surface area (Å²) in [7, 11) is -3.47. The Labute approximate surface area is 175 Å². The number of nitrogens with one attached hydrogen (secondary N) is 1. The maximum atomic E-state index is 12.2. The number of benzene rings is 3. The number of anilines is 1. The third-order valence-corrected chi connectivity index (χ3v) is 5.43. The van der Waals surface area contributed by atoms with Gasteiger partial charge in [0, 0.05) is 11.1 Å². The summed E-state index contributed by atoms with van der Waals surface area (Å²) in [6.45, 7) is 0.149. The van der Waals surface area contributed by atoms with Crippen molar-refractivity contribution in [3.05, 3.63) is 95.6 Å². The predicted octanol–water partition coefficient (Wildman–Crippen LogP) is 3.12. The van der Waals surface area contributed by atoms with Crippen molar-refractivity contribution < 1.29 is 18.3 Å². The van der Waals surface area contributed by atoms with E-state index >= 15 is 0 Å². The van der Waals surface area contributed by atoms with Crippen LogP contribution in [0.15, 0.2) is 84.0 Å². The summed E-state index contributed by atoms with van der Waals surface area (Å²) in [6.07, 6.45) is 2.51. The van der Waals surface area contributed by atoms with Crippen LogP contribution in [-0.2, 0) is 16.6 Å². The molecule has 30 heavy (non-hydrogen) atoms. The van der Waals surface area contributed by atoms with Crippen LogP contribution in [-0.4, -0.2) is 31.9 Å². The lowest BCUT2D eigenvalue weighted by Crippen LogP contribution is -2.29. The van der Waals surface area contributed by atoms with Crippen LogP contribution in [0.3, 0.4) is 0 Å². The van der Waals surface area contributed by atoms with Crippen LogP contribution >= 0.6 is 0 Å². The van der Waals surface area contributed by atoms with Gasteiger partial charge in [-0.15, -0.1) is 0 Å². The number of hydrazone groups is 1. The molecule has 0 radical (unpaired) electrons. The number of carbonyl (C=O) groups excluding carboxylic acids is 1. The highest BCUT2D eigenvalue weighted by atomic mass is 32.2. The Hall–Kier alpha value is -3.65. The van der Waals surface area contributed by atoms with Crippen molar-refractivity contribution in [3.8, 4) is 5.75 Å². The number of phenolic OH excluding ortho intramolecular Hbond substituents is 1. The molecule has 8 heteroatoms. The molecule has 0 aliphatic rings. The van der Waals surface area contributed by atoms with Crippen LogP contribution in [0.4, 0.5) is 5.69 Å². The third-order valence-electron chi connectivity index (χ3n) is 4.29. The molecule has 1 amide bonds. The number of aromatic hydroxyl groups is 1. The van der Waals surface area contributed by atoms with Gasteiger partial charge in [0.1, 0.15) is 5.75 Å². The first-order valence-electron chi connectivity index (χ1n) is 9.08. The highest BCUT2D eigenvalue weighted by molar-refractivity contribution is 7.92. The van der Waals surface area contributed by atoms with E-state index < -0.39 is 15.9 Å². The minimum Gasteiger partial charge on any atom is -0.507 e. The zero-order valence-electron chi connectivity index (χ0n) is 16.3. The van der Waals surface area contributed by atoms with Crippen LogP contribution in [0.1, 0.15) is 21.5 Å². The summed E-state index contributed by atoms with van der Waals surface area (Å²) >= 11 is 0. The van der Waals surface area contributed by atoms with E-state index in [1.165, 1.54) is 16.6 Å². The molecule has 0 heterocycles. The first kappa shape index (κ1) is 21.1. The molecule has 0 aliphatic carbocycles. The number of rotatable bonds is 7. The summed E-state index contributed by atoms with van der Waals surface area (Å²) in [5.74, 6) is -0.357. The van der Waals surface area contributed by atoms with E-state index in [0.717, 1.165) is 11.8 Å². The second-order valence-corrected chi connectivity index (χ2v) is 8.47. The van der Waals surface area contributed by atoms with Crippen molar-refractivity contribution in [1.82, 2.24) is 5.43 Å². The van der Waals surface area contributed by atoms with Gasteiger partial charge in [0.2, 0.25) is 10.0 Å². The predicted molar refractivity (Wildman–Crippen MR) is 117 cm³/mol. The zero-order valence-corrected chi connectivity index (χ0v) is 17.1. The first-order valence-corrected chi connectivity index (χ1v) is 10.9. The molecule has 0 spiro atoms. The highest BCUT2D eigenvalue weighted by Gasteiger charge is 2.17. The molecule has 3 aromatic carbocycles. The molecular formula is C22H21N3O4S. The van der Waals surface area contributed by atoms with Gasteiger partial charge in [-0.25, -0.2) is 13.8 Å². The second kappa shape index (κ2) is 9.23. The fourth-order valence-corrected chi connectivity index (χ4v) is 3.63. The van der Waals surface area contributed by atoms with Gasteiger partial charge in [-0.2, -0.15) is 5.10 Å². The van der Waals surface area contributed by atoms with Gasteiger partial charge in [0.05, 0.1) is 24.7 Å². The van der Waals surface area contributed by atoms with Gasteiger partial charge in [0.25, 0.3) is 5.91 Å². The quantitative estimate of drug-likeness (QED) is 0.451. The molecule has 7 nitrogen and oxygen atoms in total. The van der Waals surface area contributed by atoms with Crippen molar-refractivity contribution in [2.75, 3.05) is 10.6 Å². The number of amides is 1. The van der Waals surface area contributed by atoms with Gasteiger partial charge >= 0.3 is 0 Å². The highest BCUT2D eigenvalue weighted by Crippen LogP contribution is 2.20. The van der Waals surface area contributed by atoms with Crippen molar-refractivity contribution in [2.24, 2.45) is 5.10 Å². The number of nitrogens with zero attached hydrogens (tertiary/aromatic N) is 2. The standard InChI is InChI=1S/C22H21N3O4S/c1-30(28,29)25(20-8-3-2-4-9-20)16-17-11-13-18(14-12-17)22(27)24-23-15-19-7-5-6-10-21(19)26/h2-15,26H,16H2,1H3,(H,24,27)/b23-15+. The largest absolute Gasteiger partial charge is 0.507 e. The normalized spacial score (nSPS) is 11.4. The SMILES string of the molecule is CS(=O)(=O)N(Cc1ccc(C(=O)N/N=C/c2ccccc2O)cc1)c1ccccc1. The molecule has 0 saturated heterocycles. The van der Waals surface area contributed by atoms with Crippen molar-refractivity contribution >= 4 is 27.8 Å². The average molecular weight is 423 g/mol. The van der Waals surface area contributed by atoms with Gasteiger partial charge in [-0.1, -0.05) is 42.5 Å². The number of phenols is 1. The number of carbonyl (C=O) groups is 1. The molecule has 154 valence electrons. The monoisotopic (exact) mass is 423 g/mol. The van der Waals surface area contributed by atoms with Crippen LogP contribution in [0.5, 0.6) is 5.75 Å². The number of para-hydroxylation sites is 2. The molecule has 0 aromatic heterocycles. The van der Waals surface area contributed by atoms with E-state index in [1.54, 1.807) is 66.7 Å². The van der Waals surface area contributed by atoms with E-state index in [1.807, 2.05) is 6.07 Å². The molecule has 0 unspecified atom stereocenters. The lowest BCUT2D eigenvalue weighted by Gasteiger charge is -2.22. The molecule has 3 aromatic rings. The van der Waals surface area contributed by atoms with Crippen LogP contribution in [0.25, 0.3) is 0 Å². The van der Waals surface area contributed by atoms with E-state index in [4.69, 9.17) is 0 Å². The number of sulfonamides is 1. The Kier molecular flexibility index (Phi) is 6.48. The molecular weight excluding hydrogens is 402 g/mol. The topological polar surface area (TPSA) is 99.1 Å². The maximum absolute atomic E-state index is 12.2. The summed E-state index contributed by atoms with van der Waals surface area (Å²) in [5, 5.41) is 13.5. The molecule has 2 N–H and O–H groups in total. The maximum Gasteiger partial charge on any atom is 0.271 e. The minimum absolute atomic E-state index is 0.0636. The van der Waals surface area contributed by atoms with Crippen molar-refractivity contribution in [2.45, 2.75) is 6.54 Å². The van der Waals surface area contributed by atoms with E-state index in [0.29, 0.717) is 16.8 Å². The summed E-state index contributed by atoms with van der Waals surface area (Å²) in [5.41, 5.74) is 4.56. The van der Waals surface area contributed by atoms with E-state index in [9.17, 15) is 18.3 Å². The fourth-order valence-electron chi connectivity index (χ4n) is 2.74. The Morgan fingerprint density at radius 2 is 1.63 bits per heavy atom. The Morgan fingerprint density at radius 1 is 1.00 bits per heavy atom. The zero-order chi connectivity index (χ0) is 21.6. The van der Waals surface area contributed by atoms with Gasteiger partial charge < -0.3 is 5.11 Å². The van der Waals surface area contributed by atoms with E-state index in [-0.39, 0.29) is 12.3 Å². The smallest absolute Gasteiger partial charge is 0.271 e. The van der Waals surface area contributed by atoms with Gasteiger partial charge in [-0.05, 0) is 42.0 Å². The third kappa shape index (κ3) is 5.45. The molecule has 0 saturated carbocycles. The lowest BCUT2D eigenvalue weighted by molar-refractivity contribution is 0.0955. The Balaban J connectivity index is 1.68.